The highest BCUT2D eigenvalue weighted by molar-refractivity contribution is 5.86. The molecule has 180 valence electrons. The molecule has 3 aromatic carbocycles. The van der Waals surface area contributed by atoms with Gasteiger partial charge in [0.15, 0.2) is 5.82 Å². The summed E-state index contributed by atoms with van der Waals surface area (Å²) in [6.07, 6.45) is 4.42. The van der Waals surface area contributed by atoms with E-state index < -0.39 is 5.54 Å². The van der Waals surface area contributed by atoms with Gasteiger partial charge in [0.05, 0.1) is 6.04 Å². The van der Waals surface area contributed by atoms with Crippen molar-refractivity contribution in [3.05, 3.63) is 137 Å². The van der Waals surface area contributed by atoms with Crippen LogP contribution in [0.1, 0.15) is 34.3 Å². The molecule has 0 aliphatic carbocycles. The van der Waals surface area contributed by atoms with E-state index in [1.54, 1.807) is 18.3 Å². The molecule has 6 nitrogen and oxygen atoms in total. The number of para-hydroxylation sites is 1. The largest absolute Gasteiger partial charge is 0.356 e. The van der Waals surface area contributed by atoms with Crippen molar-refractivity contribution in [3.8, 4) is 11.4 Å². The van der Waals surface area contributed by atoms with Gasteiger partial charge < -0.3 is 4.98 Å². The maximum absolute atomic E-state index is 13.5. The van der Waals surface area contributed by atoms with Crippen LogP contribution >= 0.6 is 0 Å². The zero-order valence-electron chi connectivity index (χ0n) is 19.8. The number of aromatic amines is 2. The molecule has 0 amide bonds. The Hall–Kier alpha value is -4.62. The third kappa shape index (κ3) is 3.47. The van der Waals surface area contributed by atoms with Crippen LogP contribution in [0.2, 0.25) is 0 Å². The minimum absolute atomic E-state index is 0.172. The first-order valence-corrected chi connectivity index (χ1v) is 12.2. The van der Waals surface area contributed by atoms with Crippen LogP contribution in [0, 0.1) is 5.82 Å². The molecule has 0 spiro atoms. The molecule has 7 heteroatoms. The standard InChI is InChI=1S/C30H23FN6/c31-22-14-12-19(13-15-22)28-34-29(37-36-28)26-17-24-23-10-4-5-11-25(23)33-27(24)30(35-26,20-7-2-1-3-8-20)21-9-6-16-32-18-21/h1-16,18,26,33,35H,17H2,(H,34,36,37)/t26-,30?/m1/s1. The van der Waals surface area contributed by atoms with Gasteiger partial charge in [-0.3, -0.25) is 15.4 Å². The van der Waals surface area contributed by atoms with Crippen molar-refractivity contribution in [2.75, 3.05) is 0 Å². The summed E-state index contributed by atoms with van der Waals surface area (Å²) < 4.78 is 13.5. The second-order valence-electron chi connectivity index (χ2n) is 9.33. The number of benzene rings is 3. The molecule has 0 saturated carbocycles. The van der Waals surface area contributed by atoms with Crippen LogP contribution in [0.5, 0.6) is 0 Å². The smallest absolute Gasteiger partial charge is 0.181 e. The molecule has 3 aromatic heterocycles. The summed E-state index contributed by atoms with van der Waals surface area (Å²) in [5.74, 6) is 0.970. The van der Waals surface area contributed by atoms with E-state index >= 15 is 0 Å². The highest BCUT2D eigenvalue weighted by Crippen LogP contribution is 2.46. The summed E-state index contributed by atoms with van der Waals surface area (Å²) in [5.41, 5.74) is 5.60. The molecule has 1 aliphatic heterocycles. The molecule has 6 aromatic rings. The van der Waals surface area contributed by atoms with Crippen LogP contribution in [0.4, 0.5) is 4.39 Å². The van der Waals surface area contributed by atoms with Gasteiger partial charge in [0.2, 0.25) is 0 Å². The number of halogens is 1. The average Bonchev–Trinajstić information content (AvgIpc) is 3.60. The molecular weight excluding hydrogens is 463 g/mol. The highest BCUT2D eigenvalue weighted by Gasteiger charge is 2.46. The van der Waals surface area contributed by atoms with Crippen molar-refractivity contribution >= 4 is 10.9 Å². The van der Waals surface area contributed by atoms with Crippen molar-refractivity contribution in [2.24, 2.45) is 0 Å². The van der Waals surface area contributed by atoms with Crippen molar-refractivity contribution in [1.82, 2.24) is 30.5 Å². The number of aromatic nitrogens is 5. The summed E-state index contributed by atoms with van der Waals surface area (Å²) in [6.45, 7) is 0. The lowest BCUT2D eigenvalue weighted by Gasteiger charge is -2.42. The summed E-state index contributed by atoms with van der Waals surface area (Å²) in [7, 11) is 0. The van der Waals surface area contributed by atoms with E-state index in [2.05, 4.69) is 80.1 Å². The molecule has 4 heterocycles. The number of nitrogens with one attached hydrogen (secondary N) is 3. The van der Waals surface area contributed by atoms with Gasteiger partial charge >= 0.3 is 0 Å². The predicted molar refractivity (Wildman–Crippen MR) is 140 cm³/mol. The van der Waals surface area contributed by atoms with Crippen LogP contribution in [-0.2, 0) is 12.0 Å². The number of pyridine rings is 1. The fourth-order valence-electron chi connectivity index (χ4n) is 5.54. The number of hydrogen-bond acceptors (Lipinski definition) is 4. The molecular formula is C30H23FN6. The Morgan fingerprint density at radius 3 is 2.43 bits per heavy atom. The van der Waals surface area contributed by atoms with E-state index in [1.807, 2.05) is 18.3 Å². The zero-order chi connectivity index (χ0) is 24.8. The number of rotatable bonds is 4. The van der Waals surface area contributed by atoms with E-state index in [0.29, 0.717) is 12.2 Å². The Labute approximate surface area is 212 Å². The van der Waals surface area contributed by atoms with Gasteiger partial charge in [-0.2, -0.15) is 5.10 Å². The molecule has 1 unspecified atom stereocenters. The molecule has 0 saturated heterocycles. The monoisotopic (exact) mass is 486 g/mol. The van der Waals surface area contributed by atoms with Crippen LogP contribution in [0.25, 0.3) is 22.3 Å². The minimum Gasteiger partial charge on any atom is -0.356 e. The van der Waals surface area contributed by atoms with Gasteiger partial charge in [0.25, 0.3) is 0 Å². The maximum Gasteiger partial charge on any atom is 0.181 e. The van der Waals surface area contributed by atoms with Crippen LogP contribution in [-0.4, -0.2) is 25.1 Å². The normalized spacial score (nSPS) is 19.1. The minimum atomic E-state index is -0.699. The fraction of sp³-hybridized carbons (Fsp3) is 0.100. The molecule has 0 fully saturated rings. The van der Waals surface area contributed by atoms with Gasteiger partial charge in [-0.15, -0.1) is 0 Å². The van der Waals surface area contributed by atoms with Gasteiger partial charge in [-0.25, -0.2) is 9.37 Å². The van der Waals surface area contributed by atoms with E-state index in [-0.39, 0.29) is 11.9 Å². The first-order chi connectivity index (χ1) is 18.2. The molecule has 0 radical (unpaired) electrons. The third-order valence-electron chi connectivity index (χ3n) is 7.22. The summed E-state index contributed by atoms with van der Waals surface area (Å²) in [4.78, 5) is 13.1. The number of hydrogen-bond donors (Lipinski definition) is 3. The Morgan fingerprint density at radius 1 is 0.838 bits per heavy atom. The molecule has 0 bridgehead atoms. The van der Waals surface area contributed by atoms with E-state index in [4.69, 9.17) is 4.98 Å². The quantitative estimate of drug-likeness (QED) is 0.300. The van der Waals surface area contributed by atoms with E-state index in [1.165, 1.54) is 23.1 Å². The van der Waals surface area contributed by atoms with E-state index in [0.717, 1.165) is 33.7 Å². The zero-order valence-corrected chi connectivity index (χ0v) is 19.8. The van der Waals surface area contributed by atoms with Crippen LogP contribution in [0.3, 0.4) is 0 Å². The molecule has 7 rings (SSSR count). The van der Waals surface area contributed by atoms with Crippen LogP contribution < -0.4 is 5.32 Å². The fourth-order valence-corrected chi connectivity index (χ4v) is 5.54. The summed E-state index contributed by atoms with van der Waals surface area (Å²) in [5, 5.41) is 12.8. The first kappa shape index (κ1) is 21.6. The summed E-state index contributed by atoms with van der Waals surface area (Å²) in [6, 6.07) is 29.0. The molecule has 3 N–H and O–H groups in total. The Morgan fingerprint density at radius 2 is 1.62 bits per heavy atom. The number of H-pyrrole nitrogens is 2. The Kier molecular flexibility index (Phi) is 4.97. The van der Waals surface area contributed by atoms with Gasteiger partial charge in [0.1, 0.15) is 17.2 Å². The maximum atomic E-state index is 13.5. The Balaban J connectivity index is 1.44. The SMILES string of the molecule is Fc1ccc(-c2n[nH]c([C@H]3Cc4c([nH]c5ccccc45)C(c4ccccc4)(c4cccnc4)N3)n2)cc1. The molecule has 1 aliphatic rings. The lowest BCUT2D eigenvalue weighted by molar-refractivity contribution is 0.350. The highest BCUT2D eigenvalue weighted by atomic mass is 19.1. The van der Waals surface area contributed by atoms with Crippen molar-refractivity contribution in [2.45, 2.75) is 18.0 Å². The molecule has 2 atom stereocenters. The van der Waals surface area contributed by atoms with Gasteiger partial charge in [-0.1, -0.05) is 54.6 Å². The number of nitrogens with zero attached hydrogens (tertiary/aromatic N) is 3. The van der Waals surface area contributed by atoms with E-state index in [9.17, 15) is 4.39 Å². The topological polar surface area (TPSA) is 82.3 Å². The van der Waals surface area contributed by atoms with Crippen LogP contribution in [0.15, 0.2) is 103 Å². The van der Waals surface area contributed by atoms with Gasteiger partial charge in [-0.05, 0) is 53.9 Å². The predicted octanol–water partition coefficient (Wildman–Crippen LogP) is 5.67. The number of fused-ring (bicyclic) bond motifs is 3. The summed E-state index contributed by atoms with van der Waals surface area (Å²) >= 11 is 0. The van der Waals surface area contributed by atoms with Crippen molar-refractivity contribution in [3.63, 3.8) is 0 Å². The first-order valence-electron chi connectivity index (χ1n) is 12.2. The second kappa shape index (κ2) is 8.50. The van der Waals surface area contributed by atoms with Crippen molar-refractivity contribution < 1.29 is 4.39 Å². The third-order valence-corrected chi connectivity index (χ3v) is 7.22. The van der Waals surface area contributed by atoms with Crippen molar-refractivity contribution in [1.29, 1.82) is 0 Å². The average molecular weight is 487 g/mol. The lowest BCUT2D eigenvalue weighted by Crippen LogP contribution is -2.51. The second-order valence-corrected chi connectivity index (χ2v) is 9.33. The lowest BCUT2D eigenvalue weighted by atomic mass is 9.74. The molecule has 37 heavy (non-hydrogen) atoms. The van der Waals surface area contributed by atoms with Gasteiger partial charge in [0, 0.05) is 40.1 Å². The Bertz CT molecular complexity index is 1650.